The van der Waals surface area contributed by atoms with E-state index in [0.29, 0.717) is 19.3 Å². The summed E-state index contributed by atoms with van der Waals surface area (Å²) < 4.78 is 17.1. The van der Waals surface area contributed by atoms with Gasteiger partial charge in [-0.2, -0.15) is 0 Å². The minimum atomic E-state index is -0.766. The molecule has 0 spiro atoms. The van der Waals surface area contributed by atoms with Crippen molar-refractivity contribution in [3.63, 3.8) is 0 Å². The molecule has 0 heterocycles. The first-order valence-corrected chi connectivity index (χ1v) is 38.2. The number of carbonyl (C=O) groups is 3. The van der Waals surface area contributed by atoms with Crippen molar-refractivity contribution >= 4 is 17.9 Å². The minimum absolute atomic E-state index is 0.0616. The lowest BCUT2D eigenvalue weighted by molar-refractivity contribution is -0.167. The number of carbonyl (C=O) groups excluding carboxylic acids is 3. The van der Waals surface area contributed by atoms with E-state index in [0.717, 1.165) is 57.8 Å². The summed E-state index contributed by atoms with van der Waals surface area (Å²) >= 11 is 0. The van der Waals surface area contributed by atoms with Crippen LogP contribution in [0.2, 0.25) is 0 Å². The molecule has 0 aliphatic heterocycles. The van der Waals surface area contributed by atoms with Crippen molar-refractivity contribution in [1.82, 2.24) is 0 Å². The standard InChI is InChI=1S/C77H148O6/c1-4-7-10-13-16-19-22-25-28-31-34-36-37-38-39-40-41-42-44-46-49-52-55-58-61-64-67-70-76(79)82-73-74(72-81-75(78)69-66-63-60-57-54-51-48-45-33-30-27-24-21-18-15-12-9-6-3)83-77(80)71-68-65-62-59-56-53-50-47-43-35-32-29-26-23-20-17-14-11-8-5-2/h31,34,74H,4-30,32-33,35-73H2,1-3H3/b34-31-. The average molecular weight is 1170 g/mol. The zero-order valence-corrected chi connectivity index (χ0v) is 56.8. The van der Waals surface area contributed by atoms with Crippen molar-refractivity contribution in [3.8, 4) is 0 Å². The minimum Gasteiger partial charge on any atom is -0.462 e. The second-order valence-corrected chi connectivity index (χ2v) is 26.3. The number of unbranched alkanes of at least 4 members (excludes halogenated alkanes) is 59. The zero-order chi connectivity index (χ0) is 59.9. The fourth-order valence-corrected chi connectivity index (χ4v) is 12.0. The molecular weight excluding hydrogens is 1020 g/mol. The molecule has 1 unspecified atom stereocenters. The Kier molecular flexibility index (Phi) is 71.0. The van der Waals surface area contributed by atoms with E-state index < -0.39 is 6.10 Å². The Morgan fingerprint density at radius 1 is 0.229 bits per heavy atom. The number of allylic oxidation sites excluding steroid dienone is 2. The molecule has 0 N–H and O–H groups in total. The lowest BCUT2D eigenvalue weighted by Crippen LogP contribution is -2.30. The van der Waals surface area contributed by atoms with Crippen LogP contribution in [0.1, 0.15) is 445 Å². The SMILES string of the molecule is CCCCCCCCCC/C=C\CCCCCCCCCCCCCCCCCC(=O)OCC(COC(=O)CCCCCCCCCCCCCCCCCCCC)OC(=O)CCCCCCCCCCCCCCCCCCCCCC. The van der Waals surface area contributed by atoms with Crippen LogP contribution in [0.3, 0.4) is 0 Å². The second kappa shape index (κ2) is 72.6. The Labute approximate surface area is 520 Å². The Hall–Kier alpha value is -1.85. The number of ether oxygens (including phenoxy) is 3. The predicted octanol–water partition coefficient (Wildman–Crippen LogP) is 26.3. The van der Waals surface area contributed by atoms with Gasteiger partial charge in [0.15, 0.2) is 6.10 Å². The van der Waals surface area contributed by atoms with Gasteiger partial charge in [0.1, 0.15) is 13.2 Å². The molecule has 0 aromatic carbocycles. The van der Waals surface area contributed by atoms with Crippen LogP contribution in [0.15, 0.2) is 12.2 Å². The second-order valence-electron chi connectivity index (χ2n) is 26.3. The molecule has 6 heteroatoms. The third-order valence-corrected chi connectivity index (χ3v) is 17.8. The number of hydrogen-bond donors (Lipinski definition) is 0. The van der Waals surface area contributed by atoms with E-state index in [1.165, 1.54) is 347 Å². The van der Waals surface area contributed by atoms with Gasteiger partial charge in [-0.3, -0.25) is 14.4 Å². The van der Waals surface area contributed by atoms with E-state index in [9.17, 15) is 14.4 Å². The Bertz CT molecular complexity index is 1300. The fourth-order valence-electron chi connectivity index (χ4n) is 12.0. The van der Waals surface area contributed by atoms with Gasteiger partial charge < -0.3 is 14.2 Å². The van der Waals surface area contributed by atoms with Gasteiger partial charge in [0.25, 0.3) is 0 Å². The van der Waals surface area contributed by atoms with E-state index in [-0.39, 0.29) is 31.1 Å². The third kappa shape index (κ3) is 70.8. The summed E-state index contributed by atoms with van der Waals surface area (Å²) in [5.74, 6) is -0.819. The lowest BCUT2D eigenvalue weighted by Gasteiger charge is -2.18. The van der Waals surface area contributed by atoms with E-state index in [1.807, 2.05) is 0 Å². The molecule has 0 aliphatic carbocycles. The summed E-state index contributed by atoms with van der Waals surface area (Å²) in [4.78, 5) is 38.6. The first-order valence-electron chi connectivity index (χ1n) is 38.2. The molecule has 492 valence electrons. The molecule has 0 radical (unpaired) electrons. The molecule has 1 atom stereocenters. The van der Waals surface area contributed by atoms with Crippen molar-refractivity contribution in [2.24, 2.45) is 0 Å². The Balaban J connectivity index is 4.23. The highest BCUT2D eigenvalue weighted by Gasteiger charge is 2.20. The number of hydrogen-bond acceptors (Lipinski definition) is 6. The van der Waals surface area contributed by atoms with Crippen LogP contribution < -0.4 is 0 Å². The van der Waals surface area contributed by atoms with Gasteiger partial charge in [-0.15, -0.1) is 0 Å². The van der Waals surface area contributed by atoms with Gasteiger partial charge >= 0.3 is 17.9 Å². The number of esters is 3. The quantitative estimate of drug-likeness (QED) is 0.0261. The largest absolute Gasteiger partial charge is 0.462 e. The average Bonchev–Trinajstić information content (AvgIpc) is 3.49. The molecular formula is C77H148O6. The summed E-state index contributed by atoms with van der Waals surface area (Å²) in [5, 5.41) is 0. The van der Waals surface area contributed by atoms with Gasteiger partial charge in [-0.1, -0.05) is 392 Å². The number of rotatable bonds is 72. The normalized spacial score (nSPS) is 12.0. The molecule has 0 aliphatic rings. The molecule has 0 aromatic heterocycles. The van der Waals surface area contributed by atoms with Gasteiger partial charge in [-0.25, -0.2) is 0 Å². The van der Waals surface area contributed by atoms with Crippen LogP contribution in [-0.2, 0) is 28.6 Å². The van der Waals surface area contributed by atoms with Gasteiger partial charge in [0.05, 0.1) is 0 Å². The summed E-state index contributed by atoms with van der Waals surface area (Å²) in [5.41, 5.74) is 0. The maximum atomic E-state index is 13.0. The molecule has 0 aromatic rings. The highest BCUT2D eigenvalue weighted by Crippen LogP contribution is 2.20. The maximum Gasteiger partial charge on any atom is 0.306 e. The van der Waals surface area contributed by atoms with E-state index in [1.54, 1.807) is 0 Å². The monoisotopic (exact) mass is 1170 g/mol. The molecule has 0 amide bonds. The van der Waals surface area contributed by atoms with E-state index >= 15 is 0 Å². The van der Waals surface area contributed by atoms with Crippen molar-refractivity contribution in [2.45, 2.75) is 451 Å². The molecule has 0 saturated heterocycles. The first kappa shape index (κ1) is 81.2. The fraction of sp³-hybridized carbons (Fsp3) is 0.935. The third-order valence-electron chi connectivity index (χ3n) is 17.8. The van der Waals surface area contributed by atoms with Crippen LogP contribution in [-0.4, -0.2) is 37.2 Å². The summed E-state index contributed by atoms with van der Waals surface area (Å²) in [6, 6.07) is 0. The van der Waals surface area contributed by atoms with Crippen LogP contribution >= 0.6 is 0 Å². The van der Waals surface area contributed by atoms with E-state index in [2.05, 4.69) is 32.9 Å². The Morgan fingerprint density at radius 3 is 0.602 bits per heavy atom. The Morgan fingerprint density at radius 2 is 0.398 bits per heavy atom. The molecule has 6 nitrogen and oxygen atoms in total. The summed E-state index contributed by atoms with van der Waals surface area (Å²) in [6.07, 6.45) is 88.3. The first-order chi connectivity index (χ1) is 41.0. The van der Waals surface area contributed by atoms with Gasteiger partial charge in [0, 0.05) is 19.3 Å². The van der Waals surface area contributed by atoms with Crippen molar-refractivity contribution < 1.29 is 28.6 Å². The van der Waals surface area contributed by atoms with Crippen LogP contribution in [0.4, 0.5) is 0 Å². The molecule has 0 fully saturated rings. The van der Waals surface area contributed by atoms with Gasteiger partial charge in [-0.05, 0) is 44.9 Å². The zero-order valence-electron chi connectivity index (χ0n) is 56.8. The highest BCUT2D eigenvalue weighted by molar-refractivity contribution is 5.71. The van der Waals surface area contributed by atoms with Crippen LogP contribution in [0.25, 0.3) is 0 Å². The topological polar surface area (TPSA) is 78.9 Å². The molecule has 0 bridgehead atoms. The molecule has 0 rings (SSSR count). The lowest BCUT2D eigenvalue weighted by atomic mass is 10.0. The van der Waals surface area contributed by atoms with Crippen molar-refractivity contribution in [1.29, 1.82) is 0 Å². The van der Waals surface area contributed by atoms with Gasteiger partial charge in [0.2, 0.25) is 0 Å². The van der Waals surface area contributed by atoms with Crippen LogP contribution in [0, 0.1) is 0 Å². The van der Waals surface area contributed by atoms with Crippen LogP contribution in [0.5, 0.6) is 0 Å². The van der Waals surface area contributed by atoms with E-state index in [4.69, 9.17) is 14.2 Å². The highest BCUT2D eigenvalue weighted by atomic mass is 16.6. The maximum absolute atomic E-state index is 13.0. The van der Waals surface area contributed by atoms with Crippen molar-refractivity contribution in [2.75, 3.05) is 13.2 Å². The van der Waals surface area contributed by atoms with Crippen molar-refractivity contribution in [3.05, 3.63) is 12.2 Å². The summed E-state index contributed by atoms with van der Waals surface area (Å²) in [7, 11) is 0. The molecule has 0 saturated carbocycles. The predicted molar refractivity (Wildman–Crippen MR) is 363 cm³/mol. The smallest absolute Gasteiger partial charge is 0.306 e. The molecule has 83 heavy (non-hydrogen) atoms. The summed E-state index contributed by atoms with van der Waals surface area (Å²) in [6.45, 7) is 6.75.